The van der Waals surface area contributed by atoms with Crippen molar-refractivity contribution >= 4 is 18.5 Å². The molecule has 86 valence electrons. The number of carbonyl (C=O) groups excluding carboxylic acids is 1. The molecular weight excluding hydrogens is 232 g/mol. The van der Waals surface area contributed by atoms with Gasteiger partial charge in [0.2, 0.25) is 0 Å². The van der Waals surface area contributed by atoms with Crippen molar-refractivity contribution < 1.29 is 14.6 Å². The number of aldehydes is 1. The maximum Gasteiger partial charge on any atom is 0.328 e. The molecule has 7 heteroatoms. The van der Waals surface area contributed by atoms with E-state index in [4.69, 9.17) is 17.0 Å². The van der Waals surface area contributed by atoms with E-state index in [0.717, 1.165) is 0 Å². The molecule has 2 atom stereocenters. The lowest BCUT2D eigenvalue weighted by Crippen LogP contribution is -2.27. The van der Waals surface area contributed by atoms with Crippen molar-refractivity contribution in [3.8, 4) is 0 Å². The van der Waals surface area contributed by atoms with Crippen molar-refractivity contribution in [3.63, 3.8) is 0 Å². The number of aromatic amines is 1. The first kappa shape index (κ1) is 11.2. The fourth-order valence-electron chi connectivity index (χ4n) is 1.61. The molecule has 0 radical (unpaired) electrons. The Morgan fingerprint density at radius 3 is 2.94 bits per heavy atom. The lowest BCUT2D eigenvalue weighted by molar-refractivity contribution is -0.113. The summed E-state index contributed by atoms with van der Waals surface area (Å²) >= 11 is 4.81. The SMILES string of the molecule is O=Cc1cn(C2CC[C@@H](O)O2)c(=O)[nH]c1=S. The average molecular weight is 242 g/mol. The summed E-state index contributed by atoms with van der Waals surface area (Å²) in [4.78, 5) is 24.6. The average Bonchev–Trinajstić information content (AvgIpc) is 2.65. The largest absolute Gasteiger partial charge is 0.368 e. The molecule has 1 aliphatic heterocycles. The van der Waals surface area contributed by atoms with Crippen LogP contribution in [0.2, 0.25) is 0 Å². The number of aliphatic hydroxyl groups is 1. The lowest BCUT2D eigenvalue weighted by atomic mass is 10.3. The predicted molar refractivity (Wildman–Crippen MR) is 56.6 cm³/mol. The summed E-state index contributed by atoms with van der Waals surface area (Å²) in [5.41, 5.74) is -0.228. The zero-order valence-corrected chi connectivity index (χ0v) is 9.07. The van der Waals surface area contributed by atoms with Gasteiger partial charge in [0.1, 0.15) is 10.9 Å². The van der Waals surface area contributed by atoms with Crippen LogP contribution in [0.5, 0.6) is 0 Å². The molecule has 1 saturated heterocycles. The molecule has 6 nitrogen and oxygen atoms in total. The molecule has 0 amide bonds. The van der Waals surface area contributed by atoms with E-state index >= 15 is 0 Å². The normalized spacial score (nSPS) is 24.6. The number of ether oxygens (including phenoxy) is 1. The molecule has 1 aromatic rings. The van der Waals surface area contributed by atoms with Crippen molar-refractivity contribution in [2.75, 3.05) is 0 Å². The second kappa shape index (κ2) is 4.28. The van der Waals surface area contributed by atoms with Gasteiger partial charge in [-0.25, -0.2) is 4.79 Å². The highest BCUT2D eigenvalue weighted by Crippen LogP contribution is 2.25. The molecule has 1 aromatic heterocycles. The quantitative estimate of drug-likeness (QED) is 0.577. The summed E-state index contributed by atoms with van der Waals surface area (Å²) < 4.78 is 6.45. The Morgan fingerprint density at radius 2 is 2.38 bits per heavy atom. The van der Waals surface area contributed by atoms with Gasteiger partial charge < -0.3 is 9.84 Å². The van der Waals surface area contributed by atoms with Crippen LogP contribution in [-0.4, -0.2) is 27.2 Å². The Morgan fingerprint density at radius 1 is 1.62 bits per heavy atom. The molecule has 2 heterocycles. The smallest absolute Gasteiger partial charge is 0.328 e. The van der Waals surface area contributed by atoms with Crippen LogP contribution < -0.4 is 5.69 Å². The number of H-pyrrole nitrogens is 1. The van der Waals surface area contributed by atoms with Gasteiger partial charge in [-0.3, -0.25) is 14.3 Å². The number of nitrogens with zero attached hydrogens (tertiary/aromatic N) is 1. The molecule has 0 bridgehead atoms. The minimum Gasteiger partial charge on any atom is -0.368 e. The zero-order valence-electron chi connectivity index (χ0n) is 8.25. The number of nitrogens with one attached hydrogen (secondary N) is 1. The minimum absolute atomic E-state index is 0.106. The Bertz CT molecular complexity index is 521. The first-order chi connectivity index (χ1) is 7.61. The lowest BCUT2D eigenvalue weighted by Gasteiger charge is -2.13. The molecule has 2 N–H and O–H groups in total. The summed E-state index contributed by atoms with van der Waals surface area (Å²) in [5.74, 6) is 0. The van der Waals surface area contributed by atoms with Crippen molar-refractivity contribution in [3.05, 3.63) is 26.9 Å². The summed E-state index contributed by atoms with van der Waals surface area (Å²) in [5, 5.41) is 9.19. The Hall–Kier alpha value is -1.31. The first-order valence-corrected chi connectivity index (χ1v) is 5.17. The van der Waals surface area contributed by atoms with Crippen molar-refractivity contribution in [2.45, 2.75) is 25.4 Å². The van der Waals surface area contributed by atoms with Crippen LogP contribution in [0.25, 0.3) is 0 Å². The van der Waals surface area contributed by atoms with E-state index < -0.39 is 18.2 Å². The first-order valence-electron chi connectivity index (χ1n) is 4.76. The fourth-order valence-corrected chi connectivity index (χ4v) is 1.79. The van der Waals surface area contributed by atoms with Crippen LogP contribution >= 0.6 is 12.2 Å². The van der Waals surface area contributed by atoms with Crippen LogP contribution in [0.3, 0.4) is 0 Å². The fraction of sp³-hybridized carbons (Fsp3) is 0.444. The van der Waals surface area contributed by atoms with E-state index in [1.807, 2.05) is 0 Å². The molecular formula is C9H10N2O4S. The van der Waals surface area contributed by atoms with Gasteiger partial charge in [0, 0.05) is 12.6 Å². The molecule has 2 rings (SSSR count). The van der Waals surface area contributed by atoms with Gasteiger partial charge in [-0.05, 0) is 6.42 Å². The van der Waals surface area contributed by atoms with E-state index in [2.05, 4.69) is 4.98 Å². The maximum atomic E-state index is 11.6. The summed E-state index contributed by atoms with van der Waals surface area (Å²) in [6.45, 7) is 0. The molecule has 0 saturated carbocycles. The molecule has 0 spiro atoms. The monoisotopic (exact) mass is 242 g/mol. The number of rotatable bonds is 2. The summed E-state index contributed by atoms with van der Waals surface area (Å²) in [7, 11) is 0. The van der Waals surface area contributed by atoms with Gasteiger partial charge in [-0.15, -0.1) is 0 Å². The van der Waals surface area contributed by atoms with E-state index in [9.17, 15) is 14.7 Å². The van der Waals surface area contributed by atoms with Crippen LogP contribution in [0.1, 0.15) is 29.4 Å². The standard InChI is InChI=1S/C9H10N2O4S/c12-4-5-3-11(9(14)10-8(5)16)6-1-2-7(13)15-6/h3-4,6-7,13H,1-2H2,(H,10,14,16)/t6?,7-/m0/s1. The Kier molecular flexibility index (Phi) is 2.99. The number of carbonyl (C=O) groups is 1. The summed E-state index contributed by atoms with van der Waals surface area (Å²) in [6.07, 6.45) is 1.48. The second-order valence-corrected chi connectivity index (χ2v) is 3.90. The Labute approximate surface area is 95.5 Å². The van der Waals surface area contributed by atoms with Gasteiger partial charge >= 0.3 is 5.69 Å². The number of aromatic nitrogens is 2. The van der Waals surface area contributed by atoms with Gasteiger partial charge in [0.25, 0.3) is 0 Å². The highest BCUT2D eigenvalue weighted by atomic mass is 32.1. The molecule has 16 heavy (non-hydrogen) atoms. The van der Waals surface area contributed by atoms with E-state index in [1.165, 1.54) is 10.8 Å². The van der Waals surface area contributed by atoms with Crippen molar-refractivity contribution in [1.82, 2.24) is 9.55 Å². The zero-order chi connectivity index (χ0) is 11.7. The highest BCUT2D eigenvalue weighted by molar-refractivity contribution is 7.71. The van der Waals surface area contributed by atoms with Crippen LogP contribution in [0, 0.1) is 4.64 Å². The number of aliphatic hydroxyl groups excluding tert-OH is 1. The van der Waals surface area contributed by atoms with Gasteiger partial charge in [-0.2, -0.15) is 0 Å². The van der Waals surface area contributed by atoms with Crippen LogP contribution in [0.4, 0.5) is 0 Å². The van der Waals surface area contributed by atoms with Crippen molar-refractivity contribution in [1.29, 1.82) is 0 Å². The van der Waals surface area contributed by atoms with E-state index in [-0.39, 0.29) is 10.2 Å². The molecule has 0 aliphatic carbocycles. The third-order valence-electron chi connectivity index (χ3n) is 2.41. The van der Waals surface area contributed by atoms with Crippen LogP contribution in [0.15, 0.2) is 11.0 Å². The van der Waals surface area contributed by atoms with Crippen LogP contribution in [-0.2, 0) is 4.74 Å². The minimum atomic E-state index is -0.861. The predicted octanol–water partition coefficient (Wildman–Crippen LogP) is 0.346. The van der Waals surface area contributed by atoms with Gasteiger partial charge in [0.05, 0.1) is 5.56 Å². The summed E-state index contributed by atoms with van der Waals surface area (Å²) in [6, 6.07) is 0. The second-order valence-electron chi connectivity index (χ2n) is 3.49. The molecule has 1 fully saturated rings. The van der Waals surface area contributed by atoms with E-state index in [0.29, 0.717) is 19.1 Å². The third-order valence-corrected chi connectivity index (χ3v) is 2.75. The topological polar surface area (TPSA) is 84.3 Å². The number of hydrogen-bond donors (Lipinski definition) is 2. The Balaban J connectivity index is 2.45. The third kappa shape index (κ3) is 1.97. The molecule has 1 unspecified atom stereocenters. The molecule has 0 aromatic carbocycles. The molecule has 1 aliphatic rings. The maximum absolute atomic E-state index is 11.6. The van der Waals surface area contributed by atoms with Gasteiger partial charge in [0.15, 0.2) is 12.6 Å². The number of hydrogen-bond acceptors (Lipinski definition) is 5. The van der Waals surface area contributed by atoms with Crippen molar-refractivity contribution in [2.24, 2.45) is 0 Å². The van der Waals surface area contributed by atoms with E-state index in [1.54, 1.807) is 0 Å². The van der Waals surface area contributed by atoms with Gasteiger partial charge in [-0.1, -0.05) is 12.2 Å². The highest BCUT2D eigenvalue weighted by Gasteiger charge is 2.25.